The second-order valence-electron chi connectivity index (χ2n) is 4.44. The van der Waals surface area contributed by atoms with Crippen LogP contribution in [0, 0.1) is 13.8 Å². The highest BCUT2D eigenvalue weighted by atomic mass is 16.1. The molecule has 0 saturated heterocycles. The number of nitrogens with zero attached hydrogens (tertiary/aromatic N) is 4. The van der Waals surface area contributed by atoms with Gasteiger partial charge >= 0.3 is 0 Å². The number of aryl methyl sites for hydroxylation is 3. The van der Waals surface area contributed by atoms with Crippen LogP contribution in [0.3, 0.4) is 0 Å². The van der Waals surface area contributed by atoms with Gasteiger partial charge in [-0.05, 0) is 39.0 Å². The molecular weight excluding hydrogens is 240 g/mol. The molecule has 2 aromatic rings. The Hall–Kier alpha value is -2.17. The summed E-state index contributed by atoms with van der Waals surface area (Å²) in [5, 5.41) is 8.41. The Balaban J connectivity index is 2.28. The highest BCUT2D eigenvalue weighted by molar-refractivity contribution is 6.08. The van der Waals surface area contributed by atoms with Gasteiger partial charge in [0.2, 0.25) is 0 Å². The monoisotopic (exact) mass is 258 g/mol. The number of rotatable bonds is 4. The number of hydrogen-bond acceptors (Lipinski definition) is 3. The Morgan fingerprint density at radius 3 is 2.68 bits per heavy atom. The van der Waals surface area contributed by atoms with Gasteiger partial charge in [-0.25, -0.2) is 0 Å². The van der Waals surface area contributed by atoms with E-state index in [1.54, 1.807) is 23.0 Å². The van der Waals surface area contributed by atoms with Crippen LogP contribution in [0.25, 0.3) is 6.08 Å². The molecule has 0 atom stereocenters. The lowest BCUT2D eigenvalue weighted by atomic mass is 10.1. The second kappa shape index (κ2) is 5.22. The van der Waals surface area contributed by atoms with Crippen molar-refractivity contribution in [3.63, 3.8) is 0 Å². The van der Waals surface area contributed by atoms with Crippen molar-refractivity contribution >= 4 is 11.9 Å². The van der Waals surface area contributed by atoms with E-state index in [-0.39, 0.29) is 5.78 Å². The van der Waals surface area contributed by atoms with Gasteiger partial charge in [-0.3, -0.25) is 14.2 Å². The summed E-state index contributed by atoms with van der Waals surface area (Å²) in [7, 11) is 1.84. The second-order valence-corrected chi connectivity index (χ2v) is 4.44. The highest BCUT2D eigenvalue weighted by Crippen LogP contribution is 2.15. The molecule has 0 N–H and O–H groups in total. The quantitative estimate of drug-likeness (QED) is 0.623. The molecule has 0 saturated carbocycles. The molecular formula is C14H18N4O. The zero-order valence-electron chi connectivity index (χ0n) is 11.7. The Kier molecular flexibility index (Phi) is 3.64. The highest BCUT2D eigenvalue weighted by Gasteiger charge is 2.15. The average molecular weight is 258 g/mol. The molecule has 2 aromatic heterocycles. The van der Waals surface area contributed by atoms with Crippen molar-refractivity contribution in [1.29, 1.82) is 0 Å². The average Bonchev–Trinajstić information content (AvgIpc) is 2.90. The van der Waals surface area contributed by atoms with Gasteiger partial charge in [0.15, 0.2) is 5.78 Å². The number of carbonyl (C=O) groups excluding carboxylic acids is 1. The molecule has 0 aromatic carbocycles. The number of hydrogen-bond donors (Lipinski definition) is 0. The Morgan fingerprint density at radius 2 is 2.16 bits per heavy atom. The smallest absolute Gasteiger partial charge is 0.189 e. The van der Waals surface area contributed by atoms with Crippen LogP contribution in [0.15, 0.2) is 18.3 Å². The van der Waals surface area contributed by atoms with E-state index in [2.05, 4.69) is 10.2 Å². The summed E-state index contributed by atoms with van der Waals surface area (Å²) in [4.78, 5) is 12.3. The topological polar surface area (TPSA) is 52.7 Å². The van der Waals surface area contributed by atoms with E-state index >= 15 is 0 Å². The standard InChI is InChI=1S/C14H18N4O/c1-5-18-11(3)14(10(2)16-18)13(19)7-6-12-8-9-15-17(12)4/h6-9H,5H2,1-4H3/b7-6-. The maximum atomic E-state index is 12.3. The maximum absolute atomic E-state index is 12.3. The third-order valence-corrected chi connectivity index (χ3v) is 3.19. The first-order valence-corrected chi connectivity index (χ1v) is 6.29. The van der Waals surface area contributed by atoms with Gasteiger partial charge in [-0.1, -0.05) is 0 Å². The predicted molar refractivity (Wildman–Crippen MR) is 73.9 cm³/mol. The minimum Gasteiger partial charge on any atom is -0.289 e. The molecule has 2 heterocycles. The third kappa shape index (κ3) is 2.50. The number of ketones is 1. The van der Waals surface area contributed by atoms with Crippen molar-refractivity contribution in [1.82, 2.24) is 19.6 Å². The molecule has 0 unspecified atom stereocenters. The van der Waals surface area contributed by atoms with Crippen molar-refractivity contribution < 1.29 is 4.79 Å². The lowest BCUT2D eigenvalue weighted by Crippen LogP contribution is -2.02. The van der Waals surface area contributed by atoms with Crippen molar-refractivity contribution in [3.8, 4) is 0 Å². The molecule has 5 heteroatoms. The molecule has 0 bridgehead atoms. The third-order valence-electron chi connectivity index (χ3n) is 3.19. The van der Waals surface area contributed by atoms with Gasteiger partial charge < -0.3 is 0 Å². The summed E-state index contributed by atoms with van der Waals surface area (Å²) >= 11 is 0. The fourth-order valence-electron chi connectivity index (χ4n) is 2.15. The lowest BCUT2D eigenvalue weighted by molar-refractivity contribution is 0.104. The van der Waals surface area contributed by atoms with E-state index < -0.39 is 0 Å². The van der Waals surface area contributed by atoms with Gasteiger partial charge in [-0.15, -0.1) is 0 Å². The number of aromatic nitrogens is 4. The SMILES string of the molecule is CCn1nc(C)c(C(=O)/C=C\c2ccnn2C)c1C. The van der Waals surface area contributed by atoms with E-state index in [0.29, 0.717) is 5.56 Å². The van der Waals surface area contributed by atoms with Crippen LogP contribution in [-0.2, 0) is 13.6 Å². The first-order chi connectivity index (χ1) is 9.04. The van der Waals surface area contributed by atoms with Crippen molar-refractivity contribution in [2.75, 3.05) is 0 Å². The molecule has 0 amide bonds. The van der Waals surface area contributed by atoms with Gasteiger partial charge in [0, 0.05) is 25.5 Å². The van der Waals surface area contributed by atoms with Gasteiger partial charge in [0.25, 0.3) is 0 Å². The zero-order valence-corrected chi connectivity index (χ0v) is 11.7. The largest absolute Gasteiger partial charge is 0.289 e. The van der Waals surface area contributed by atoms with Gasteiger partial charge in [0.05, 0.1) is 17.0 Å². The summed E-state index contributed by atoms with van der Waals surface area (Å²) in [6.07, 6.45) is 5.06. The maximum Gasteiger partial charge on any atom is 0.189 e. The summed E-state index contributed by atoms with van der Waals surface area (Å²) < 4.78 is 3.57. The van der Waals surface area contributed by atoms with Crippen LogP contribution in [0.4, 0.5) is 0 Å². The van der Waals surface area contributed by atoms with E-state index in [1.807, 2.05) is 38.6 Å². The normalized spacial score (nSPS) is 11.4. The van der Waals surface area contributed by atoms with Crippen LogP contribution in [0.5, 0.6) is 0 Å². The van der Waals surface area contributed by atoms with Crippen LogP contribution in [-0.4, -0.2) is 25.3 Å². The summed E-state index contributed by atoms with van der Waals surface area (Å²) in [6, 6.07) is 1.86. The molecule has 100 valence electrons. The lowest BCUT2D eigenvalue weighted by Gasteiger charge is -1.99. The Labute approximate surface area is 112 Å². The first-order valence-electron chi connectivity index (χ1n) is 6.29. The van der Waals surface area contributed by atoms with Crippen molar-refractivity contribution in [3.05, 3.63) is 41.0 Å². The van der Waals surface area contributed by atoms with Crippen LogP contribution in [0.1, 0.15) is 34.4 Å². The van der Waals surface area contributed by atoms with E-state index in [1.165, 1.54) is 0 Å². The molecule has 0 spiro atoms. The molecule has 0 fully saturated rings. The van der Waals surface area contributed by atoms with Crippen molar-refractivity contribution in [2.45, 2.75) is 27.3 Å². The molecule has 2 rings (SSSR count). The van der Waals surface area contributed by atoms with Gasteiger partial charge in [0.1, 0.15) is 0 Å². The summed E-state index contributed by atoms with van der Waals surface area (Å²) in [5.41, 5.74) is 3.28. The number of allylic oxidation sites excluding steroid dienone is 1. The molecule has 0 aliphatic carbocycles. The van der Waals surface area contributed by atoms with E-state index in [4.69, 9.17) is 0 Å². The van der Waals surface area contributed by atoms with Crippen molar-refractivity contribution in [2.24, 2.45) is 7.05 Å². The van der Waals surface area contributed by atoms with E-state index in [0.717, 1.165) is 23.6 Å². The van der Waals surface area contributed by atoms with Crippen LogP contribution in [0.2, 0.25) is 0 Å². The van der Waals surface area contributed by atoms with E-state index in [9.17, 15) is 4.79 Å². The minimum absolute atomic E-state index is 0.0177. The first kappa shape index (κ1) is 13.3. The number of carbonyl (C=O) groups is 1. The summed E-state index contributed by atoms with van der Waals surface area (Å²) in [6.45, 7) is 6.57. The molecule has 0 aliphatic rings. The predicted octanol–water partition coefficient (Wildman–Crippen LogP) is 2.15. The molecule has 0 aliphatic heterocycles. The molecule has 0 radical (unpaired) electrons. The molecule has 5 nitrogen and oxygen atoms in total. The zero-order chi connectivity index (χ0) is 14.0. The van der Waals surface area contributed by atoms with Gasteiger partial charge in [-0.2, -0.15) is 10.2 Å². The Bertz CT molecular complexity index is 634. The minimum atomic E-state index is -0.0177. The summed E-state index contributed by atoms with van der Waals surface area (Å²) in [5.74, 6) is -0.0177. The molecule has 19 heavy (non-hydrogen) atoms. The fraction of sp³-hybridized carbons (Fsp3) is 0.357. The fourth-order valence-corrected chi connectivity index (χ4v) is 2.15. The Morgan fingerprint density at radius 1 is 1.42 bits per heavy atom. The van der Waals surface area contributed by atoms with Crippen LogP contribution >= 0.6 is 0 Å². The van der Waals surface area contributed by atoms with Crippen LogP contribution < -0.4 is 0 Å².